The molecule has 3 rings (SSSR count). The standard InChI is InChI=1S/C21H25N2O4S/c24-21(22-28(25,26)20-7-3-1-4-8-20)17-18-9-11-19(12-10-18)27-16-15-23-13-5-2-6-14-23/h1-4,7-12H,5-6,13-17H2,(H,22,24). The van der Waals surface area contributed by atoms with Gasteiger partial charge in [0.2, 0.25) is 5.91 Å². The Morgan fingerprint density at radius 1 is 1.00 bits per heavy atom. The molecule has 1 amide bonds. The molecule has 1 saturated heterocycles. The van der Waals surface area contributed by atoms with Gasteiger partial charge in [0.15, 0.2) is 0 Å². The molecule has 0 spiro atoms. The fourth-order valence-electron chi connectivity index (χ4n) is 3.05. The lowest BCUT2D eigenvalue weighted by molar-refractivity contribution is -0.118. The van der Waals surface area contributed by atoms with E-state index in [2.05, 4.69) is 16.0 Å². The first-order valence-electron chi connectivity index (χ1n) is 9.39. The Kier molecular flexibility index (Phi) is 7.06. The minimum Gasteiger partial charge on any atom is -0.492 e. The van der Waals surface area contributed by atoms with Gasteiger partial charge in [-0.2, -0.15) is 0 Å². The van der Waals surface area contributed by atoms with Crippen molar-refractivity contribution in [1.82, 2.24) is 9.62 Å². The molecule has 2 aromatic rings. The van der Waals surface area contributed by atoms with Crippen molar-refractivity contribution >= 4 is 15.9 Å². The third kappa shape index (κ3) is 6.07. The topological polar surface area (TPSA) is 75.7 Å². The van der Waals surface area contributed by atoms with Gasteiger partial charge < -0.3 is 4.74 Å². The molecule has 0 bridgehead atoms. The van der Waals surface area contributed by atoms with Gasteiger partial charge in [0, 0.05) is 6.54 Å². The molecule has 1 aliphatic heterocycles. The first-order valence-corrected chi connectivity index (χ1v) is 10.9. The number of carbonyl (C=O) groups excluding carboxylic acids is 1. The van der Waals surface area contributed by atoms with Crippen LogP contribution >= 0.6 is 0 Å². The predicted octanol–water partition coefficient (Wildman–Crippen LogP) is 2.41. The van der Waals surface area contributed by atoms with Gasteiger partial charge in [0.1, 0.15) is 12.4 Å². The van der Waals surface area contributed by atoms with Gasteiger partial charge in [0.05, 0.1) is 11.3 Å². The van der Waals surface area contributed by atoms with Crippen molar-refractivity contribution in [2.75, 3.05) is 26.2 Å². The van der Waals surface area contributed by atoms with Crippen LogP contribution in [0.1, 0.15) is 18.4 Å². The maximum atomic E-state index is 12.2. The first kappa shape index (κ1) is 20.4. The van der Waals surface area contributed by atoms with E-state index >= 15 is 0 Å². The summed E-state index contributed by atoms with van der Waals surface area (Å²) in [6.45, 7) is 3.69. The molecule has 1 heterocycles. The molecule has 6 nitrogen and oxygen atoms in total. The molecule has 2 aromatic carbocycles. The number of carbonyl (C=O) groups is 1. The molecular weight excluding hydrogens is 376 g/mol. The monoisotopic (exact) mass is 401 g/mol. The van der Waals surface area contributed by atoms with E-state index in [4.69, 9.17) is 4.74 Å². The number of ether oxygens (including phenoxy) is 1. The van der Waals surface area contributed by atoms with E-state index in [0.717, 1.165) is 43.8 Å². The van der Waals surface area contributed by atoms with Crippen LogP contribution in [0.4, 0.5) is 0 Å². The van der Waals surface area contributed by atoms with Crippen LogP contribution in [-0.2, 0) is 21.2 Å². The van der Waals surface area contributed by atoms with Gasteiger partial charge in [-0.05, 0) is 62.2 Å². The quantitative estimate of drug-likeness (QED) is 0.735. The Labute approximate surface area is 166 Å². The number of nitrogens with zero attached hydrogens (tertiary/aromatic N) is 1. The van der Waals surface area contributed by atoms with Crippen molar-refractivity contribution < 1.29 is 17.9 Å². The highest BCUT2D eigenvalue weighted by Gasteiger charge is 2.17. The molecule has 0 aliphatic carbocycles. The number of nitrogens with one attached hydrogen (secondary N) is 1. The van der Waals surface area contributed by atoms with Gasteiger partial charge in [0.25, 0.3) is 10.0 Å². The molecule has 1 radical (unpaired) electrons. The van der Waals surface area contributed by atoms with E-state index in [1.807, 2.05) is 0 Å². The Bertz CT molecular complexity index is 861. The van der Waals surface area contributed by atoms with E-state index in [0.29, 0.717) is 6.61 Å². The van der Waals surface area contributed by atoms with Crippen LogP contribution < -0.4 is 9.46 Å². The largest absolute Gasteiger partial charge is 0.492 e. The molecule has 149 valence electrons. The van der Waals surface area contributed by atoms with E-state index in [1.165, 1.54) is 12.1 Å². The highest BCUT2D eigenvalue weighted by Crippen LogP contribution is 2.14. The SMILES string of the molecule is O=C(Cc1ccc(OCCN2CC[CH]CC2)cc1)NS(=O)(=O)c1ccccc1. The number of sulfonamides is 1. The molecule has 1 fully saturated rings. The average molecular weight is 402 g/mol. The van der Waals surface area contributed by atoms with E-state index in [-0.39, 0.29) is 11.3 Å². The first-order chi connectivity index (χ1) is 13.5. The van der Waals surface area contributed by atoms with Crippen LogP contribution in [0.25, 0.3) is 0 Å². The second-order valence-corrected chi connectivity index (χ2v) is 8.40. The number of piperidine rings is 1. The molecule has 7 heteroatoms. The van der Waals surface area contributed by atoms with E-state index in [1.54, 1.807) is 42.5 Å². The minimum atomic E-state index is -3.84. The summed E-state index contributed by atoms with van der Waals surface area (Å²) in [4.78, 5) is 14.6. The molecule has 1 aliphatic rings. The Morgan fingerprint density at radius 2 is 1.68 bits per heavy atom. The maximum Gasteiger partial charge on any atom is 0.264 e. The molecule has 0 aromatic heterocycles. The summed E-state index contributed by atoms with van der Waals surface area (Å²) in [5.74, 6) is 0.170. The summed E-state index contributed by atoms with van der Waals surface area (Å²) in [7, 11) is -3.84. The number of amides is 1. The molecular formula is C21H25N2O4S. The summed E-state index contributed by atoms with van der Waals surface area (Å²) in [6, 6.07) is 15.0. The summed E-state index contributed by atoms with van der Waals surface area (Å²) in [5.41, 5.74) is 0.722. The highest BCUT2D eigenvalue weighted by molar-refractivity contribution is 7.90. The normalized spacial score (nSPS) is 15.1. The average Bonchev–Trinajstić information content (AvgIpc) is 2.70. The third-order valence-electron chi connectivity index (χ3n) is 4.56. The van der Waals surface area contributed by atoms with Gasteiger partial charge >= 0.3 is 0 Å². The van der Waals surface area contributed by atoms with E-state index in [9.17, 15) is 13.2 Å². The van der Waals surface area contributed by atoms with Gasteiger partial charge in [-0.15, -0.1) is 0 Å². The van der Waals surface area contributed by atoms with Gasteiger partial charge in [-0.1, -0.05) is 30.3 Å². The smallest absolute Gasteiger partial charge is 0.264 e. The van der Waals surface area contributed by atoms with Crippen LogP contribution in [-0.4, -0.2) is 45.5 Å². The lowest BCUT2D eigenvalue weighted by Gasteiger charge is -2.26. The fraction of sp³-hybridized carbons (Fsp3) is 0.333. The van der Waals surface area contributed by atoms with Crippen molar-refractivity contribution in [1.29, 1.82) is 0 Å². The number of likely N-dealkylation sites (tertiary alicyclic amines) is 1. The van der Waals surface area contributed by atoms with Crippen molar-refractivity contribution in [3.8, 4) is 5.75 Å². The van der Waals surface area contributed by atoms with Crippen LogP contribution in [0.15, 0.2) is 59.5 Å². The highest BCUT2D eigenvalue weighted by atomic mass is 32.2. The van der Waals surface area contributed by atoms with Crippen LogP contribution in [0, 0.1) is 6.42 Å². The number of hydrogen-bond acceptors (Lipinski definition) is 5. The lowest BCUT2D eigenvalue weighted by atomic mass is 10.1. The lowest BCUT2D eigenvalue weighted by Crippen LogP contribution is -2.33. The van der Waals surface area contributed by atoms with Crippen LogP contribution in [0.5, 0.6) is 5.75 Å². The van der Waals surface area contributed by atoms with Crippen molar-refractivity contribution in [2.45, 2.75) is 24.2 Å². The number of hydrogen-bond donors (Lipinski definition) is 1. The van der Waals surface area contributed by atoms with Crippen molar-refractivity contribution in [2.24, 2.45) is 0 Å². The Hall–Kier alpha value is -2.38. The van der Waals surface area contributed by atoms with Crippen molar-refractivity contribution in [3.63, 3.8) is 0 Å². The zero-order valence-electron chi connectivity index (χ0n) is 15.7. The molecule has 0 unspecified atom stereocenters. The van der Waals surface area contributed by atoms with Gasteiger partial charge in [-0.25, -0.2) is 13.1 Å². The zero-order valence-corrected chi connectivity index (χ0v) is 16.5. The number of benzene rings is 2. The Balaban J connectivity index is 1.46. The van der Waals surface area contributed by atoms with Crippen LogP contribution in [0.2, 0.25) is 0 Å². The molecule has 0 saturated carbocycles. The maximum absolute atomic E-state index is 12.2. The zero-order chi connectivity index (χ0) is 19.8. The molecule has 0 atom stereocenters. The Morgan fingerprint density at radius 3 is 2.36 bits per heavy atom. The fourth-order valence-corrected chi connectivity index (χ4v) is 4.06. The number of rotatable bonds is 8. The summed E-state index contributed by atoms with van der Waals surface area (Å²) in [6.07, 6.45) is 4.57. The van der Waals surface area contributed by atoms with E-state index < -0.39 is 15.9 Å². The van der Waals surface area contributed by atoms with Gasteiger partial charge in [-0.3, -0.25) is 9.69 Å². The molecule has 28 heavy (non-hydrogen) atoms. The second-order valence-electron chi connectivity index (χ2n) is 6.72. The molecule has 1 N–H and O–H groups in total. The van der Waals surface area contributed by atoms with Crippen molar-refractivity contribution in [3.05, 3.63) is 66.6 Å². The van der Waals surface area contributed by atoms with Crippen LogP contribution in [0.3, 0.4) is 0 Å². The second kappa shape index (κ2) is 9.71. The third-order valence-corrected chi connectivity index (χ3v) is 5.95. The summed E-state index contributed by atoms with van der Waals surface area (Å²) >= 11 is 0. The summed E-state index contributed by atoms with van der Waals surface area (Å²) in [5, 5.41) is 0. The minimum absolute atomic E-state index is 0.0172. The predicted molar refractivity (Wildman–Crippen MR) is 107 cm³/mol. The summed E-state index contributed by atoms with van der Waals surface area (Å²) < 4.78 is 32.2.